The number of hydrogen-bond acceptors (Lipinski definition) is 4. The number of carbonyl (C=O) groups excluding carboxylic acids is 1. The second-order valence-corrected chi connectivity index (χ2v) is 4.23. The summed E-state index contributed by atoms with van der Waals surface area (Å²) in [6.45, 7) is -0.153. The zero-order valence-corrected chi connectivity index (χ0v) is 9.08. The molecule has 1 aliphatic rings. The van der Waals surface area contributed by atoms with Crippen LogP contribution < -0.4 is 16.6 Å². The molecule has 1 heterocycles. The van der Waals surface area contributed by atoms with Crippen molar-refractivity contribution in [2.45, 2.75) is 24.8 Å². The zero-order valence-electron chi connectivity index (χ0n) is 9.08. The number of aromatic amines is 2. The number of rotatable bonds is 3. The van der Waals surface area contributed by atoms with E-state index in [1.54, 1.807) is 0 Å². The topological polar surface area (TPSA) is 115 Å². The Kier molecular flexibility index (Phi) is 2.84. The second-order valence-electron chi connectivity index (χ2n) is 4.23. The number of aromatic nitrogens is 2. The van der Waals surface area contributed by atoms with E-state index in [1.807, 2.05) is 4.98 Å². The third-order valence-electron chi connectivity index (χ3n) is 3.06. The van der Waals surface area contributed by atoms with E-state index in [0.29, 0.717) is 12.8 Å². The SMILES string of the molecule is O=C(NC1(CO)CCC1)c1c[nH]c(=O)[nH]c1=O. The maximum atomic E-state index is 11.8. The minimum atomic E-state index is -0.737. The van der Waals surface area contributed by atoms with Gasteiger partial charge in [-0.05, 0) is 19.3 Å². The number of carbonyl (C=O) groups is 1. The molecular weight excluding hydrogens is 226 g/mol. The summed E-state index contributed by atoms with van der Waals surface area (Å²) >= 11 is 0. The number of hydrogen-bond donors (Lipinski definition) is 4. The summed E-state index contributed by atoms with van der Waals surface area (Å²) in [7, 11) is 0. The van der Waals surface area contributed by atoms with E-state index in [4.69, 9.17) is 0 Å². The molecule has 1 aliphatic carbocycles. The van der Waals surface area contributed by atoms with E-state index in [0.717, 1.165) is 12.6 Å². The molecule has 0 radical (unpaired) electrons. The molecule has 0 bridgehead atoms. The molecule has 0 aliphatic heterocycles. The molecule has 0 atom stereocenters. The van der Waals surface area contributed by atoms with Crippen LogP contribution in [0.1, 0.15) is 29.6 Å². The van der Waals surface area contributed by atoms with E-state index in [-0.39, 0.29) is 12.2 Å². The van der Waals surface area contributed by atoms with E-state index in [2.05, 4.69) is 10.3 Å². The number of nitrogens with one attached hydrogen (secondary N) is 3. The first kappa shape index (κ1) is 11.6. The zero-order chi connectivity index (χ0) is 12.5. The highest BCUT2D eigenvalue weighted by Crippen LogP contribution is 2.31. The monoisotopic (exact) mass is 239 g/mol. The van der Waals surface area contributed by atoms with Crippen molar-refractivity contribution >= 4 is 5.91 Å². The van der Waals surface area contributed by atoms with Crippen LogP contribution >= 0.6 is 0 Å². The lowest BCUT2D eigenvalue weighted by atomic mass is 9.77. The van der Waals surface area contributed by atoms with Crippen molar-refractivity contribution in [1.82, 2.24) is 15.3 Å². The van der Waals surface area contributed by atoms with Crippen molar-refractivity contribution in [3.63, 3.8) is 0 Å². The van der Waals surface area contributed by atoms with Crippen molar-refractivity contribution in [2.75, 3.05) is 6.61 Å². The fourth-order valence-corrected chi connectivity index (χ4v) is 1.81. The first-order valence-electron chi connectivity index (χ1n) is 5.32. The molecule has 1 fully saturated rings. The Morgan fingerprint density at radius 2 is 2.18 bits per heavy atom. The maximum absolute atomic E-state index is 11.8. The van der Waals surface area contributed by atoms with Crippen LogP contribution in [-0.4, -0.2) is 33.1 Å². The van der Waals surface area contributed by atoms with Crippen LogP contribution in [0.5, 0.6) is 0 Å². The van der Waals surface area contributed by atoms with Crippen molar-refractivity contribution in [3.05, 3.63) is 32.6 Å². The van der Waals surface area contributed by atoms with Crippen molar-refractivity contribution in [2.24, 2.45) is 0 Å². The van der Waals surface area contributed by atoms with Gasteiger partial charge >= 0.3 is 5.69 Å². The van der Waals surface area contributed by atoms with Gasteiger partial charge in [0.25, 0.3) is 11.5 Å². The highest BCUT2D eigenvalue weighted by molar-refractivity contribution is 5.94. The van der Waals surface area contributed by atoms with Gasteiger partial charge in [0, 0.05) is 6.20 Å². The lowest BCUT2D eigenvalue weighted by Crippen LogP contribution is -2.56. The van der Waals surface area contributed by atoms with Crippen LogP contribution in [0.3, 0.4) is 0 Å². The molecule has 2 rings (SSSR count). The molecule has 1 aromatic heterocycles. The van der Waals surface area contributed by atoms with Crippen LogP contribution in [0, 0.1) is 0 Å². The summed E-state index contributed by atoms with van der Waals surface area (Å²) in [6, 6.07) is 0. The van der Waals surface area contributed by atoms with Gasteiger partial charge in [-0.1, -0.05) is 0 Å². The largest absolute Gasteiger partial charge is 0.394 e. The number of H-pyrrole nitrogens is 2. The van der Waals surface area contributed by atoms with E-state index in [1.165, 1.54) is 0 Å². The summed E-state index contributed by atoms with van der Waals surface area (Å²) in [5.74, 6) is -0.587. The van der Waals surface area contributed by atoms with Gasteiger partial charge in [-0.2, -0.15) is 0 Å². The molecule has 1 saturated carbocycles. The Bertz CT molecular complexity index is 535. The average Bonchev–Trinajstić information content (AvgIpc) is 2.23. The number of aliphatic hydroxyl groups excluding tert-OH is 1. The van der Waals surface area contributed by atoms with Crippen molar-refractivity contribution in [1.29, 1.82) is 0 Å². The summed E-state index contributed by atoms with van der Waals surface area (Å²) in [4.78, 5) is 38.1. The normalized spacial score (nSPS) is 17.2. The second kappa shape index (κ2) is 4.17. The molecule has 4 N–H and O–H groups in total. The quantitative estimate of drug-likeness (QED) is 0.525. The van der Waals surface area contributed by atoms with E-state index in [9.17, 15) is 19.5 Å². The molecule has 1 aromatic rings. The Labute approximate surface area is 95.9 Å². The van der Waals surface area contributed by atoms with Crippen molar-refractivity contribution in [3.8, 4) is 0 Å². The van der Waals surface area contributed by atoms with Crippen LogP contribution in [0.2, 0.25) is 0 Å². The fourth-order valence-electron chi connectivity index (χ4n) is 1.81. The number of aliphatic hydroxyl groups is 1. The van der Waals surface area contributed by atoms with Gasteiger partial charge < -0.3 is 15.4 Å². The van der Waals surface area contributed by atoms with Gasteiger partial charge in [-0.3, -0.25) is 14.6 Å². The van der Waals surface area contributed by atoms with Crippen LogP contribution in [0.15, 0.2) is 15.8 Å². The van der Waals surface area contributed by atoms with Crippen LogP contribution in [0.4, 0.5) is 0 Å². The highest BCUT2D eigenvalue weighted by atomic mass is 16.3. The first-order valence-corrected chi connectivity index (χ1v) is 5.32. The van der Waals surface area contributed by atoms with E-state index < -0.39 is 22.7 Å². The highest BCUT2D eigenvalue weighted by Gasteiger charge is 2.38. The molecule has 0 unspecified atom stereocenters. The molecule has 92 valence electrons. The van der Waals surface area contributed by atoms with Crippen molar-refractivity contribution < 1.29 is 9.90 Å². The van der Waals surface area contributed by atoms with E-state index >= 15 is 0 Å². The third-order valence-corrected chi connectivity index (χ3v) is 3.06. The molecule has 7 nitrogen and oxygen atoms in total. The minimum absolute atomic E-state index is 0.153. The van der Waals surface area contributed by atoms with Gasteiger partial charge in [0.15, 0.2) is 0 Å². The van der Waals surface area contributed by atoms with Gasteiger partial charge in [-0.15, -0.1) is 0 Å². The van der Waals surface area contributed by atoms with Crippen LogP contribution in [-0.2, 0) is 0 Å². The smallest absolute Gasteiger partial charge is 0.325 e. The molecule has 7 heteroatoms. The van der Waals surface area contributed by atoms with Crippen LogP contribution in [0.25, 0.3) is 0 Å². The van der Waals surface area contributed by atoms with Gasteiger partial charge in [-0.25, -0.2) is 4.79 Å². The Morgan fingerprint density at radius 3 is 2.65 bits per heavy atom. The summed E-state index contributed by atoms with van der Waals surface area (Å²) < 4.78 is 0. The molecule has 0 spiro atoms. The lowest BCUT2D eigenvalue weighted by Gasteiger charge is -2.40. The molecule has 0 saturated heterocycles. The Hall–Kier alpha value is -1.89. The minimum Gasteiger partial charge on any atom is -0.394 e. The maximum Gasteiger partial charge on any atom is 0.325 e. The standard InChI is InChI=1S/C10H13N3O4/c14-5-10(2-1-3-10)13-8(16)6-4-11-9(17)12-7(6)15/h4,14H,1-3,5H2,(H,13,16)(H2,11,12,15,17). The van der Waals surface area contributed by atoms with Gasteiger partial charge in [0.1, 0.15) is 5.56 Å². The molecular formula is C10H13N3O4. The van der Waals surface area contributed by atoms with Gasteiger partial charge in [0.2, 0.25) is 0 Å². The summed E-state index contributed by atoms with van der Waals surface area (Å²) in [5, 5.41) is 11.8. The summed E-state index contributed by atoms with van der Waals surface area (Å²) in [5.41, 5.74) is -2.17. The molecule has 17 heavy (non-hydrogen) atoms. The Morgan fingerprint density at radius 1 is 1.47 bits per heavy atom. The lowest BCUT2D eigenvalue weighted by molar-refractivity contribution is 0.0640. The fraction of sp³-hybridized carbons (Fsp3) is 0.500. The first-order chi connectivity index (χ1) is 8.06. The predicted molar refractivity (Wildman–Crippen MR) is 58.8 cm³/mol. The Balaban J connectivity index is 2.20. The third kappa shape index (κ3) is 2.14. The summed E-state index contributed by atoms with van der Waals surface area (Å²) in [6.07, 6.45) is 3.38. The predicted octanol–water partition coefficient (Wildman–Crippen LogP) is -1.29. The molecule has 1 amide bonds. The number of amides is 1. The molecule has 0 aromatic carbocycles. The average molecular weight is 239 g/mol. The van der Waals surface area contributed by atoms with Gasteiger partial charge in [0.05, 0.1) is 12.1 Å².